The highest BCUT2D eigenvalue weighted by Gasteiger charge is 2.27. The number of likely N-dealkylation sites (tertiary alicyclic amines) is 1. The highest BCUT2D eigenvalue weighted by atomic mass is 16.4. The van der Waals surface area contributed by atoms with E-state index in [1.165, 1.54) is 0 Å². The van der Waals surface area contributed by atoms with Crippen LogP contribution in [0.5, 0.6) is 0 Å². The average Bonchev–Trinajstić information content (AvgIpc) is 2.73. The van der Waals surface area contributed by atoms with Crippen LogP contribution in [0.3, 0.4) is 0 Å². The lowest BCUT2D eigenvalue weighted by Crippen LogP contribution is -2.41. The van der Waals surface area contributed by atoms with Gasteiger partial charge in [-0.1, -0.05) is 30.3 Å². The second-order valence-corrected chi connectivity index (χ2v) is 7.01. The number of hydrogen-bond donors (Lipinski definition) is 2. The monoisotopic (exact) mass is 380 g/mol. The summed E-state index contributed by atoms with van der Waals surface area (Å²) in [5.41, 5.74) is 1.97. The van der Waals surface area contributed by atoms with Crippen LogP contribution in [0.15, 0.2) is 54.6 Å². The van der Waals surface area contributed by atoms with Crippen molar-refractivity contribution < 1.29 is 19.5 Å². The molecule has 0 aromatic heterocycles. The Kier molecular flexibility index (Phi) is 6.42. The van der Waals surface area contributed by atoms with Crippen LogP contribution in [0, 0.1) is 5.92 Å². The lowest BCUT2D eigenvalue weighted by atomic mass is 9.95. The molecule has 2 N–H and O–H groups in total. The number of carboxylic acids is 1. The first-order valence-corrected chi connectivity index (χ1v) is 9.49. The van der Waals surface area contributed by atoms with Crippen LogP contribution in [0.1, 0.15) is 35.2 Å². The molecule has 0 bridgehead atoms. The van der Waals surface area contributed by atoms with Gasteiger partial charge in [-0.25, -0.2) is 4.79 Å². The van der Waals surface area contributed by atoms with Gasteiger partial charge in [0.2, 0.25) is 11.8 Å². The van der Waals surface area contributed by atoms with Gasteiger partial charge >= 0.3 is 5.97 Å². The molecule has 0 radical (unpaired) electrons. The van der Waals surface area contributed by atoms with Crippen LogP contribution >= 0.6 is 0 Å². The number of aryl methyl sites for hydroxylation is 1. The van der Waals surface area contributed by atoms with E-state index in [9.17, 15) is 14.4 Å². The molecule has 146 valence electrons. The summed E-state index contributed by atoms with van der Waals surface area (Å²) in [6, 6.07) is 16.0. The van der Waals surface area contributed by atoms with E-state index in [0.29, 0.717) is 38.8 Å². The van der Waals surface area contributed by atoms with Gasteiger partial charge in [0.05, 0.1) is 5.56 Å². The molecule has 2 aromatic rings. The van der Waals surface area contributed by atoms with Crippen LogP contribution in [0.25, 0.3) is 0 Å². The Hall–Kier alpha value is -3.15. The van der Waals surface area contributed by atoms with Crippen molar-refractivity contribution in [2.45, 2.75) is 25.7 Å². The number of nitrogens with zero attached hydrogens (tertiary/aromatic N) is 1. The van der Waals surface area contributed by atoms with Gasteiger partial charge in [0.25, 0.3) is 0 Å². The fourth-order valence-corrected chi connectivity index (χ4v) is 3.38. The number of nitrogens with one attached hydrogen (secondary N) is 1. The Morgan fingerprint density at radius 1 is 0.964 bits per heavy atom. The summed E-state index contributed by atoms with van der Waals surface area (Å²) in [4.78, 5) is 37.5. The molecule has 1 heterocycles. The van der Waals surface area contributed by atoms with Gasteiger partial charge in [-0.3, -0.25) is 9.59 Å². The topological polar surface area (TPSA) is 86.7 Å². The smallest absolute Gasteiger partial charge is 0.335 e. The lowest BCUT2D eigenvalue weighted by molar-refractivity contribution is -0.134. The molecule has 2 amide bonds. The van der Waals surface area contributed by atoms with Crippen LogP contribution < -0.4 is 5.32 Å². The SMILES string of the molecule is O=C(O)c1ccc(CCC(=O)N2CCC(C(=O)Nc3ccccc3)CC2)cc1. The zero-order chi connectivity index (χ0) is 19.9. The minimum absolute atomic E-state index is 0.0109. The van der Waals surface area contributed by atoms with Crippen LogP contribution in [0.4, 0.5) is 5.69 Å². The molecule has 0 aliphatic carbocycles. The number of carbonyl (C=O) groups is 3. The average molecular weight is 380 g/mol. The van der Waals surface area contributed by atoms with E-state index in [1.54, 1.807) is 24.3 Å². The van der Waals surface area contributed by atoms with Gasteiger partial charge in [0.1, 0.15) is 0 Å². The highest BCUT2D eigenvalue weighted by Crippen LogP contribution is 2.20. The van der Waals surface area contributed by atoms with Crippen molar-refractivity contribution in [1.29, 1.82) is 0 Å². The Morgan fingerprint density at radius 2 is 1.61 bits per heavy atom. The van der Waals surface area contributed by atoms with Crippen LogP contribution in [-0.4, -0.2) is 40.9 Å². The number of para-hydroxylation sites is 1. The molecule has 1 saturated heterocycles. The number of carboxylic acid groups (broad SMARTS) is 1. The maximum atomic E-state index is 12.4. The molecule has 28 heavy (non-hydrogen) atoms. The molecule has 0 unspecified atom stereocenters. The first-order chi connectivity index (χ1) is 13.5. The Bertz CT molecular complexity index is 825. The molecular weight excluding hydrogens is 356 g/mol. The third-order valence-corrected chi connectivity index (χ3v) is 5.09. The number of aromatic carboxylic acids is 1. The lowest BCUT2D eigenvalue weighted by Gasteiger charge is -2.31. The van der Waals surface area contributed by atoms with Crippen molar-refractivity contribution in [3.63, 3.8) is 0 Å². The van der Waals surface area contributed by atoms with Crippen molar-refractivity contribution in [1.82, 2.24) is 4.90 Å². The molecule has 1 aliphatic rings. The second-order valence-electron chi connectivity index (χ2n) is 7.01. The molecule has 1 fully saturated rings. The van der Waals surface area contributed by atoms with E-state index in [1.807, 2.05) is 35.2 Å². The standard InChI is InChI=1S/C22H24N2O4/c25-20(11-8-16-6-9-18(10-7-16)22(27)28)24-14-12-17(13-15-24)21(26)23-19-4-2-1-3-5-19/h1-7,9-10,17H,8,11-15H2,(H,23,26)(H,27,28). The maximum absolute atomic E-state index is 12.4. The molecular formula is C22H24N2O4. The third-order valence-electron chi connectivity index (χ3n) is 5.09. The van der Waals surface area contributed by atoms with E-state index in [2.05, 4.69) is 5.32 Å². The van der Waals surface area contributed by atoms with Crippen LogP contribution in [0.2, 0.25) is 0 Å². The zero-order valence-electron chi connectivity index (χ0n) is 15.6. The number of carbonyl (C=O) groups excluding carboxylic acids is 2. The first kappa shape index (κ1) is 19.6. The zero-order valence-corrected chi connectivity index (χ0v) is 15.6. The molecule has 0 saturated carbocycles. The van der Waals surface area contributed by atoms with Gasteiger partial charge in [0, 0.05) is 31.1 Å². The fraction of sp³-hybridized carbons (Fsp3) is 0.318. The number of rotatable bonds is 6. The van der Waals surface area contributed by atoms with Crippen molar-refractivity contribution in [3.8, 4) is 0 Å². The predicted molar refractivity (Wildman–Crippen MR) is 106 cm³/mol. The molecule has 1 aliphatic heterocycles. The summed E-state index contributed by atoms with van der Waals surface area (Å²) in [6.45, 7) is 1.17. The van der Waals surface area contributed by atoms with Crippen molar-refractivity contribution >= 4 is 23.5 Å². The van der Waals surface area contributed by atoms with Crippen molar-refractivity contribution in [2.75, 3.05) is 18.4 Å². The predicted octanol–water partition coefficient (Wildman–Crippen LogP) is 3.19. The number of amides is 2. The summed E-state index contributed by atoms with van der Waals surface area (Å²) in [5.74, 6) is -0.948. The van der Waals surface area contributed by atoms with Gasteiger partial charge in [-0.15, -0.1) is 0 Å². The summed E-state index contributed by atoms with van der Waals surface area (Å²) < 4.78 is 0. The fourth-order valence-electron chi connectivity index (χ4n) is 3.38. The quantitative estimate of drug-likeness (QED) is 0.806. The molecule has 3 rings (SSSR count). The number of piperidine rings is 1. The Labute approximate surface area is 164 Å². The molecule has 6 nitrogen and oxygen atoms in total. The minimum Gasteiger partial charge on any atom is -0.478 e. The third kappa shape index (κ3) is 5.19. The van der Waals surface area contributed by atoms with E-state index >= 15 is 0 Å². The number of hydrogen-bond acceptors (Lipinski definition) is 3. The van der Waals surface area contributed by atoms with E-state index in [4.69, 9.17) is 5.11 Å². The van der Waals surface area contributed by atoms with Gasteiger partial charge in [-0.05, 0) is 49.1 Å². The Balaban J connectivity index is 1.43. The second kappa shape index (κ2) is 9.17. The van der Waals surface area contributed by atoms with E-state index < -0.39 is 5.97 Å². The van der Waals surface area contributed by atoms with Gasteiger partial charge in [0.15, 0.2) is 0 Å². The molecule has 0 atom stereocenters. The van der Waals surface area contributed by atoms with Gasteiger partial charge < -0.3 is 15.3 Å². The summed E-state index contributed by atoms with van der Waals surface area (Å²) in [7, 11) is 0. The first-order valence-electron chi connectivity index (χ1n) is 9.49. The molecule has 6 heteroatoms. The van der Waals surface area contributed by atoms with E-state index in [-0.39, 0.29) is 23.3 Å². The molecule has 2 aromatic carbocycles. The number of anilines is 1. The Morgan fingerprint density at radius 3 is 2.21 bits per heavy atom. The maximum Gasteiger partial charge on any atom is 0.335 e. The normalized spacial score (nSPS) is 14.5. The van der Waals surface area contributed by atoms with Gasteiger partial charge in [-0.2, -0.15) is 0 Å². The minimum atomic E-state index is -0.957. The summed E-state index contributed by atoms with van der Waals surface area (Å²) >= 11 is 0. The van der Waals surface area contributed by atoms with Crippen molar-refractivity contribution in [2.24, 2.45) is 5.92 Å². The largest absolute Gasteiger partial charge is 0.478 e. The number of benzene rings is 2. The van der Waals surface area contributed by atoms with E-state index in [0.717, 1.165) is 11.3 Å². The van der Waals surface area contributed by atoms with Crippen LogP contribution in [-0.2, 0) is 16.0 Å². The summed E-state index contributed by atoms with van der Waals surface area (Å²) in [6.07, 6.45) is 2.29. The van der Waals surface area contributed by atoms with Crippen molar-refractivity contribution in [3.05, 3.63) is 65.7 Å². The molecule has 0 spiro atoms. The highest BCUT2D eigenvalue weighted by molar-refractivity contribution is 5.92. The summed E-state index contributed by atoms with van der Waals surface area (Å²) in [5, 5.41) is 11.8.